The van der Waals surface area contributed by atoms with E-state index in [-0.39, 0.29) is 17.9 Å². The minimum absolute atomic E-state index is 0.0181. The number of H-pyrrole nitrogens is 1. The van der Waals surface area contributed by atoms with E-state index in [4.69, 9.17) is 4.18 Å². The fraction of sp³-hybridized carbons (Fsp3) is 0.300. The summed E-state index contributed by atoms with van der Waals surface area (Å²) >= 11 is 0. The van der Waals surface area contributed by atoms with Gasteiger partial charge in [0.25, 0.3) is 10.1 Å². The normalized spacial score (nSPS) is 11.6. The van der Waals surface area contributed by atoms with Crippen LogP contribution >= 0.6 is 0 Å². The molecule has 0 amide bonds. The Hall–Kier alpha value is -1.80. The highest BCUT2D eigenvalue weighted by Crippen LogP contribution is 2.13. The predicted octanol–water partition coefficient (Wildman–Crippen LogP) is 0.456. The molecule has 0 aliphatic heterocycles. The molecule has 0 saturated carbocycles. The second kappa shape index (κ2) is 5.23. The molecule has 1 aromatic carbocycles. The molecule has 96 valence electrons. The Balaban J connectivity index is 1.97. The van der Waals surface area contributed by atoms with Crippen molar-refractivity contribution in [2.45, 2.75) is 18.2 Å². The van der Waals surface area contributed by atoms with Crippen molar-refractivity contribution in [1.29, 1.82) is 0 Å². The molecule has 0 aliphatic rings. The monoisotopic (exact) mass is 268 g/mol. The zero-order chi connectivity index (χ0) is 13.0. The third-order valence-electron chi connectivity index (χ3n) is 2.26. The zero-order valence-corrected chi connectivity index (χ0v) is 10.5. The van der Waals surface area contributed by atoms with Gasteiger partial charge in [-0.05, 0) is 19.1 Å². The van der Waals surface area contributed by atoms with E-state index >= 15 is 0 Å². The molecule has 0 radical (unpaired) electrons. The van der Waals surface area contributed by atoms with Gasteiger partial charge in [0.1, 0.15) is 0 Å². The van der Waals surface area contributed by atoms with E-state index in [2.05, 4.69) is 20.6 Å². The summed E-state index contributed by atoms with van der Waals surface area (Å²) in [5.41, 5.74) is 0.987. The Morgan fingerprint density at radius 2 is 2.00 bits per heavy atom. The summed E-state index contributed by atoms with van der Waals surface area (Å²) < 4.78 is 28.5. The summed E-state index contributed by atoms with van der Waals surface area (Å²) in [4.78, 5) is 0.140. The molecule has 7 nitrogen and oxygen atoms in total. The van der Waals surface area contributed by atoms with E-state index in [9.17, 15) is 8.42 Å². The van der Waals surface area contributed by atoms with E-state index in [0.717, 1.165) is 5.56 Å². The van der Waals surface area contributed by atoms with Crippen LogP contribution in [-0.2, 0) is 20.7 Å². The molecular weight excluding hydrogens is 256 g/mol. The largest absolute Gasteiger partial charge is 0.296 e. The molecule has 1 N–H and O–H groups in total. The number of tetrazole rings is 1. The minimum Gasteiger partial charge on any atom is -0.266 e. The van der Waals surface area contributed by atoms with Crippen LogP contribution in [0, 0.1) is 6.92 Å². The second-order valence-corrected chi connectivity index (χ2v) is 5.28. The lowest BCUT2D eigenvalue weighted by Gasteiger charge is -2.04. The molecule has 0 saturated heterocycles. The maximum atomic E-state index is 11.8. The first-order chi connectivity index (χ1) is 8.58. The summed E-state index contributed by atoms with van der Waals surface area (Å²) in [5, 5.41) is 13.0. The van der Waals surface area contributed by atoms with Crippen molar-refractivity contribution >= 4 is 10.1 Å². The van der Waals surface area contributed by atoms with Crippen LogP contribution in [0.25, 0.3) is 0 Å². The number of benzene rings is 1. The van der Waals surface area contributed by atoms with Crippen LogP contribution in [0.3, 0.4) is 0 Å². The number of aromatic nitrogens is 4. The van der Waals surface area contributed by atoms with Gasteiger partial charge in [-0.15, -0.1) is 10.2 Å². The standard InChI is InChI=1S/C10H12N4O3S/c1-8-2-4-9(5-3-8)18(15,16)17-7-6-10-11-13-14-12-10/h2-5H,6-7H2,1H3,(H,11,12,13,14). The van der Waals surface area contributed by atoms with Crippen molar-refractivity contribution in [1.82, 2.24) is 20.6 Å². The number of nitrogens with one attached hydrogen (secondary N) is 1. The van der Waals surface area contributed by atoms with Crippen LogP contribution in [0.2, 0.25) is 0 Å². The third kappa shape index (κ3) is 3.11. The third-order valence-corrected chi connectivity index (χ3v) is 3.59. The first kappa shape index (κ1) is 12.7. The topological polar surface area (TPSA) is 97.8 Å². The van der Waals surface area contributed by atoms with E-state index in [1.165, 1.54) is 12.1 Å². The highest BCUT2D eigenvalue weighted by Gasteiger charge is 2.14. The van der Waals surface area contributed by atoms with Crippen LogP contribution in [0.15, 0.2) is 29.2 Å². The number of nitrogens with zero attached hydrogens (tertiary/aromatic N) is 3. The SMILES string of the molecule is Cc1ccc(S(=O)(=O)OCCc2nn[nH]n2)cc1. The first-order valence-corrected chi connectivity index (χ1v) is 6.67. The zero-order valence-electron chi connectivity index (χ0n) is 9.70. The van der Waals surface area contributed by atoms with Gasteiger partial charge in [-0.25, -0.2) is 0 Å². The smallest absolute Gasteiger partial charge is 0.266 e. The lowest BCUT2D eigenvalue weighted by molar-refractivity contribution is 0.319. The first-order valence-electron chi connectivity index (χ1n) is 5.26. The molecule has 0 unspecified atom stereocenters. The molecule has 0 atom stereocenters. The molecule has 2 rings (SSSR count). The van der Waals surface area contributed by atoms with Crippen LogP contribution in [0.5, 0.6) is 0 Å². The lowest BCUT2D eigenvalue weighted by Crippen LogP contribution is -2.09. The molecule has 0 aliphatic carbocycles. The maximum Gasteiger partial charge on any atom is 0.296 e. The predicted molar refractivity (Wildman–Crippen MR) is 62.2 cm³/mol. The second-order valence-electron chi connectivity index (χ2n) is 3.67. The summed E-state index contributed by atoms with van der Waals surface area (Å²) in [5.74, 6) is 0.411. The minimum atomic E-state index is -3.72. The Bertz CT molecular complexity index is 593. The van der Waals surface area contributed by atoms with E-state index in [0.29, 0.717) is 5.82 Å². The van der Waals surface area contributed by atoms with Crippen molar-refractivity contribution in [3.63, 3.8) is 0 Å². The van der Waals surface area contributed by atoms with Gasteiger partial charge in [-0.1, -0.05) is 22.9 Å². The number of rotatable bonds is 5. The molecule has 18 heavy (non-hydrogen) atoms. The number of aromatic amines is 1. The summed E-state index contributed by atoms with van der Waals surface area (Å²) in [7, 11) is -3.72. The van der Waals surface area contributed by atoms with Gasteiger partial charge in [-0.3, -0.25) is 4.18 Å². The molecule has 2 aromatic rings. The lowest BCUT2D eigenvalue weighted by atomic mass is 10.2. The Morgan fingerprint density at radius 1 is 1.28 bits per heavy atom. The van der Waals surface area contributed by atoms with Crippen molar-refractivity contribution in [2.24, 2.45) is 0 Å². The average molecular weight is 268 g/mol. The molecule has 0 fully saturated rings. The highest BCUT2D eigenvalue weighted by atomic mass is 32.2. The average Bonchev–Trinajstić information content (AvgIpc) is 2.82. The van der Waals surface area contributed by atoms with Crippen molar-refractivity contribution in [2.75, 3.05) is 6.61 Å². The number of aryl methyl sites for hydroxylation is 1. The van der Waals surface area contributed by atoms with E-state index in [1.54, 1.807) is 12.1 Å². The quantitative estimate of drug-likeness (QED) is 0.791. The molecular formula is C10H12N4O3S. The summed E-state index contributed by atoms with van der Waals surface area (Å²) in [6.45, 7) is 1.86. The van der Waals surface area contributed by atoms with Gasteiger partial charge < -0.3 is 0 Å². The maximum absolute atomic E-state index is 11.8. The van der Waals surface area contributed by atoms with Crippen LogP contribution in [0.4, 0.5) is 0 Å². The van der Waals surface area contributed by atoms with Gasteiger partial charge in [0, 0.05) is 6.42 Å². The van der Waals surface area contributed by atoms with Crippen LogP contribution < -0.4 is 0 Å². The number of hydrogen-bond donors (Lipinski definition) is 1. The van der Waals surface area contributed by atoms with Crippen molar-refractivity contribution in [3.8, 4) is 0 Å². The van der Waals surface area contributed by atoms with Gasteiger partial charge in [0.15, 0.2) is 5.82 Å². The van der Waals surface area contributed by atoms with Gasteiger partial charge in [0.05, 0.1) is 11.5 Å². The number of hydrogen-bond acceptors (Lipinski definition) is 6. The van der Waals surface area contributed by atoms with Crippen molar-refractivity contribution in [3.05, 3.63) is 35.7 Å². The van der Waals surface area contributed by atoms with Crippen LogP contribution in [-0.4, -0.2) is 35.6 Å². The molecule has 0 bridgehead atoms. The Morgan fingerprint density at radius 3 is 2.61 bits per heavy atom. The Kier molecular flexibility index (Phi) is 3.68. The van der Waals surface area contributed by atoms with Crippen LogP contribution in [0.1, 0.15) is 11.4 Å². The van der Waals surface area contributed by atoms with E-state index in [1.807, 2.05) is 6.92 Å². The van der Waals surface area contributed by atoms with Gasteiger partial charge >= 0.3 is 0 Å². The van der Waals surface area contributed by atoms with E-state index < -0.39 is 10.1 Å². The Labute approximate surface area is 104 Å². The fourth-order valence-corrected chi connectivity index (χ4v) is 2.21. The molecule has 0 spiro atoms. The van der Waals surface area contributed by atoms with Gasteiger partial charge in [0.2, 0.25) is 0 Å². The molecule has 8 heteroatoms. The molecule has 1 heterocycles. The van der Waals surface area contributed by atoms with Crippen molar-refractivity contribution < 1.29 is 12.6 Å². The fourth-order valence-electron chi connectivity index (χ4n) is 1.30. The summed E-state index contributed by atoms with van der Waals surface area (Å²) in [6.07, 6.45) is 0.279. The highest BCUT2D eigenvalue weighted by molar-refractivity contribution is 7.86. The van der Waals surface area contributed by atoms with Gasteiger partial charge in [-0.2, -0.15) is 13.6 Å². The molecule has 1 aromatic heterocycles. The summed E-state index contributed by atoms with van der Waals surface area (Å²) in [6, 6.07) is 6.46.